The van der Waals surface area contributed by atoms with Crippen LogP contribution in [0.2, 0.25) is 0 Å². The van der Waals surface area contributed by atoms with E-state index in [0.717, 1.165) is 43.0 Å². The van der Waals surface area contributed by atoms with Crippen LogP contribution < -0.4 is 0 Å². The summed E-state index contributed by atoms with van der Waals surface area (Å²) in [4.78, 5) is 15.1. The van der Waals surface area contributed by atoms with Gasteiger partial charge >= 0.3 is 0 Å². The fourth-order valence-electron chi connectivity index (χ4n) is 3.57. The zero-order valence-electron chi connectivity index (χ0n) is 14.2. The number of likely N-dealkylation sites (tertiary alicyclic amines) is 1. The lowest BCUT2D eigenvalue weighted by molar-refractivity contribution is -0.136. The van der Waals surface area contributed by atoms with Crippen molar-refractivity contribution in [2.45, 2.75) is 58.5 Å². The van der Waals surface area contributed by atoms with Crippen LogP contribution in [0, 0.1) is 13.8 Å². The van der Waals surface area contributed by atoms with Gasteiger partial charge in [0, 0.05) is 24.5 Å². The number of piperidine rings is 1. The molecule has 5 nitrogen and oxygen atoms in total. The number of aromatic nitrogens is 2. The quantitative estimate of drug-likeness (QED) is 0.870. The maximum absolute atomic E-state index is 13.1. The molecule has 2 aromatic heterocycles. The molecule has 0 radical (unpaired) electrons. The first kappa shape index (κ1) is 15.8. The van der Waals surface area contributed by atoms with E-state index in [9.17, 15) is 4.79 Å². The van der Waals surface area contributed by atoms with E-state index in [1.54, 1.807) is 6.20 Å². The first-order chi connectivity index (χ1) is 11.1. The third-order valence-corrected chi connectivity index (χ3v) is 4.78. The standard InChI is InChI=1S/C18H25N3O2/c1-13-11-17(15(3)23-13)14(2)18(22)21-10-5-4-7-16(21)12-20-9-6-8-19-20/h6,8-9,11,14,16H,4-5,7,10,12H2,1-3H3/t14-,16+/m1/s1. The summed E-state index contributed by atoms with van der Waals surface area (Å²) < 4.78 is 7.53. The lowest BCUT2D eigenvalue weighted by atomic mass is 9.95. The first-order valence-corrected chi connectivity index (χ1v) is 8.41. The predicted molar refractivity (Wildman–Crippen MR) is 88.2 cm³/mol. The van der Waals surface area contributed by atoms with Gasteiger partial charge in [-0.25, -0.2) is 0 Å². The number of nitrogens with zero attached hydrogens (tertiary/aromatic N) is 3. The number of rotatable bonds is 4. The van der Waals surface area contributed by atoms with Gasteiger partial charge in [0.2, 0.25) is 5.91 Å². The fourth-order valence-corrected chi connectivity index (χ4v) is 3.57. The van der Waals surface area contributed by atoms with Gasteiger partial charge in [0.1, 0.15) is 11.5 Å². The van der Waals surface area contributed by atoms with Crippen molar-refractivity contribution in [1.29, 1.82) is 0 Å². The first-order valence-electron chi connectivity index (χ1n) is 8.41. The van der Waals surface area contributed by atoms with Gasteiger partial charge in [-0.1, -0.05) is 0 Å². The fraction of sp³-hybridized carbons (Fsp3) is 0.556. The largest absolute Gasteiger partial charge is 0.466 e. The smallest absolute Gasteiger partial charge is 0.230 e. The van der Waals surface area contributed by atoms with E-state index in [4.69, 9.17) is 4.42 Å². The van der Waals surface area contributed by atoms with Gasteiger partial charge in [-0.05, 0) is 52.2 Å². The molecule has 2 aromatic rings. The Hall–Kier alpha value is -2.04. The second kappa shape index (κ2) is 6.60. The van der Waals surface area contributed by atoms with Gasteiger partial charge in [0.15, 0.2) is 0 Å². The van der Waals surface area contributed by atoms with E-state index in [-0.39, 0.29) is 17.9 Å². The zero-order valence-corrected chi connectivity index (χ0v) is 14.2. The highest BCUT2D eigenvalue weighted by atomic mass is 16.3. The second-order valence-electron chi connectivity index (χ2n) is 6.50. The van der Waals surface area contributed by atoms with Gasteiger partial charge in [-0.15, -0.1) is 0 Å². The lowest BCUT2D eigenvalue weighted by Gasteiger charge is -2.37. The molecule has 0 saturated carbocycles. The highest BCUT2D eigenvalue weighted by molar-refractivity contribution is 5.84. The molecular formula is C18H25N3O2. The van der Waals surface area contributed by atoms with Gasteiger partial charge in [0.05, 0.1) is 18.5 Å². The van der Waals surface area contributed by atoms with Crippen molar-refractivity contribution in [2.75, 3.05) is 6.54 Å². The molecule has 1 amide bonds. The van der Waals surface area contributed by atoms with Crippen LogP contribution in [0.3, 0.4) is 0 Å². The average Bonchev–Trinajstić information content (AvgIpc) is 3.16. The number of carbonyl (C=O) groups excluding carboxylic acids is 1. The van der Waals surface area contributed by atoms with Crippen LogP contribution in [0.1, 0.15) is 49.2 Å². The molecule has 0 bridgehead atoms. The summed E-state index contributed by atoms with van der Waals surface area (Å²) in [5.74, 6) is 1.75. The molecule has 124 valence electrons. The van der Waals surface area contributed by atoms with E-state index in [1.807, 2.05) is 43.8 Å². The van der Waals surface area contributed by atoms with Gasteiger partial charge in [-0.2, -0.15) is 5.10 Å². The van der Waals surface area contributed by atoms with Crippen LogP contribution in [0.5, 0.6) is 0 Å². The minimum atomic E-state index is -0.161. The van der Waals surface area contributed by atoms with Crippen molar-refractivity contribution < 1.29 is 9.21 Å². The van der Waals surface area contributed by atoms with Crippen LogP contribution in [0.15, 0.2) is 28.9 Å². The molecular weight excluding hydrogens is 290 g/mol. The Balaban J connectivity index is 1.76. The monoisotopic (exact) mass is 315 g/mol. The number of hydrogen-bond donors (Lipinski definition) is 0. The van der Waals surface area contributed by atoms with Crippen molar-refractivity contribution in [3.63, 3.8) is 0 Å². The molecule has 0 unspecified atom stereocenters. The topological polar surface area (TPSA) is 51.3 Å². The highest BCUT2D eigenvalue weighted by Gasteiger charge is 2.31. The van der Waals surface area contributed by atoms with Crippen LogP contribution >= 0.6 is 0 Å². The van der Waals surface area contributed by atoms with E-state index >= 15 is 0 Å². The van der Waals surface area contributed by atoms with Gasteiger partial charge in [-0.3, -0.25) is 9.48 Å². The summed E-state index contributed by atoms with van der Waals surface area (Å²) in [6.45, 7) is 7.46. The van der Waals surface area contributed by atoms with E-state index in [0.29, 0.717) is 0 Å². The van der Waals surface area contributed by atoms with Crippen LogP contribution in [-0.4, -0.2) is 33.2 Å². The molecule has 1 saturated heterocycles. The van der Waals surface area contributed by atoms with Gasteiger partial charge in [0.25, 0.3) is 0 Å². The molecule has 0 aromatic carbocycles. The van der Waals surface area contributed by atoms with Crippen molar-refractivity contribution in [3.05, 3.63) is 41.6 Å². The molecule has 23 heavy (non-hydrogen) atoms. The maximum Gasteiger partial charge on any atom is 0.230 e. The predicted octanol–water partition coefficient (Wildman–Crippen LogP) is 3.28. The maximum atomic E-state index is 13.1. The minimum Gasteiger partial charge on any atom is -0.466 e. The molecule has 1 aliphatic rings. The summed E-state index contributed by atoms with van der Waals surface area (Å²) in [5.41, 5.74) is 1.01. The van der Waals surface area contributed by atoms with Crippen molar-refractivity contribution >= 4 is 5.91 Å². The molecule has 1 aliphatic heterocycles. The molecule has 3 rings (SSSR count). The molecule has 3 heterocycles. The summed E-state index contributed by atoms with van der Waals surface area (Å²) in [6, 6.07) is 4.14. The molecule has 2 atom stereocenters. The number of aryl methyl sites for hydroxylation is 2. The normalized spacial score (nSPS) is 19.8. The Kier molecular flexibility index (Phi) is 4.55. The number of hydrogen-bond acceptors (Lipinski definition) is 3. The van der Waals surface area contributed by atoms with Crippen molar-refractivity contribution in [2.24, 2.45) is 0 Å². The lowest BCUT2D eigenvalue weighted by Crippen LogP contribution is -2.47. The number of amides is 1. The average molecular weight is 315 g/mol. The van der Waals surface area contributed by atoms with Crippen LogP contribution in [0.4, 0.5) is 0 Å². The Bertz CT molecular complexity index is 660. The Labute approximate surface area is 137 Å². The van der Waals surface area contributed by atoms with E-state index in [2.05, 4.69) is 10.00 Å². The SMILES string of the molecule is Cc1cc([C@@H](C)C(=O)N2CCCC[C@H]2Cn2cccn2)c(C)o1. The summed E-state index contributed by atoms with van der Waals surface area (Å²) in [5, 5.41) is 4.29. The Morgan fingerprint density at radius 3 is 2.91 bits per heavy atom. The van der Waals surface area contributed by atoms with Crippen LogP contribution in [-0.2, 0) is 11.3 Å². The Morgan fingerprint density at radius 2 is 2.26 bits per heavy atom. The van der Waals surface area contributed by atoms with Crippen molar-refractivity contribution in [1.82, 2.24) is 14.7 Å². The second-order valence-corrected chi connectivity index (χ2v) is 6.50. The molecule has 0 spiro atoms. The van der Waals surface area contributed by atoms with E-state index < -0.39 is 0 Å². The third kappa shape index (κ3) is 3.33. The third-order valence-electron chi connectivity index (χ3n) is 4.78. The molecule has 1 fully saturated rings. The number of furan rings is 1. The molecule has 0 N–H and O–H groups in total. The molecule has 5 heteroatoms. The molecule has 0 aliphatic carbocycles. The van der Waals surface area contributed by atoms with Crippen molar-refractivity contribution in [3.8, 4) is 0 Å². The summed E-state index contributed by atoms with van der Waals surface area (Å²) >= 11 is 0. The van der Waals surface area contributed by atoms with Crippen LogP contribution in [0.25, 0.3) is 0 Å². The number of carbonyl (C=O) groups is 1. The summed E-state index contributed by atoms with van der Waals surface area (Å²) in [6.07, 6.45) is 7.05. The zero-order chi connectivity index (χ0) is 16.4. The van der Waals surface area contributed by atoms with Gasteiger partial charge < -0.3 is 9.32 Å². The minimum absolute atomic E-state index is 0.161. The summed E-state index contributed by atoms with van der Waals surface area (Å²) in [7, 11) is 0. The van der Waals surface area contributed by atoms with E-state index in [1.165, 1.54) is 6.42 Å². The highest BCUT2D eigenvalue weighted by Crippen LogP contribution is 2.28. The Morgan fingerprint density at radius 1 is 1.43 bits per heavy atom.